The number of thiazole rings is 1. The van der Waals surface area contributed by atoms with Crippen molar-refractivity contribution < 1.29 is 19.2 Å². The molecule has 210 valence electrons. The smallest absolute Gasteiger partial charge is 0.338 e. The van der Waals surface area contributed by atoms with Gasteiger partial charge in [-0.05, 0) is 69.7 Å². The summed E-state index contributed by atoms with van der Waals surface area (Å²) in [7, 11) is 0. The number of carbonyl (C=O) groups excluding carboxylic acids is 1. The lowest BCUT2D eigenvalue weighted by atomic mass is 9.96. The van der Waals surface area contributed by atoms with Crippen LogP contribution in [-0.4, -0.2) is 32.7 Å². The number of esters is 1. The first-order valence-electron chi connectivity index (χ1n) is 13.1. The molecule has 1 aliphatic heterocycles. The third-order valence-electron chi connectivity index (χ3n) is 6.47. The minimum absolute atomic E-state index is 0.0341. The van der Waals surface area contributed by atoms with Crippen LogP contribution in [0.1, 0.15) is 45.0 Å². The van der Waals surface area contributed by atoms with Crippen molar-refractivity contribution >= 4 is 29.1 Å². The highest BCUT2D eigenvalue weighted by atomic mass is 32.1. The van der Waals surface area contributed by atoms with Crippen LogP contribution >= 0.6 is 11.3 Å². The monoisotopic (exact) mass is 572 g/mol. The minimum Gasteiger partial charge on any atom is -0.494 e. The maximum atomic E-state index is 14.0. The molecule has 0 spiro atoms. The number of benzene rings is 2. The van der Waals surface area contributed by atoms with Crippen LogP contribution in [0, 0.1) is 10.1 Å². The van der Waals surface area contributed by atoms with Gasteiger partial charge < -0.3 is 14.0 Å². The second-order valence-electron chi connectivity index (χ2n) is 9.62. The normalized spacial score (nSPS) is 15.0. The van der Waals surface area contributed by atoms with Crippen molar-refractivity contribution in [3.05, 3.63) is 119 Å². The number of allylic oxidation sites excluding steroid dienone is 1. The van der Waals surface area contributed by atoms with Crippen molar-refractivity contribution in [2.24, 2.45) is 4.99 Å². The third-order valence-corrected chi connectivity index (χ3v) is 7.45. The van der Waals surface area contributed by atoms with Crippen molar-refractivity contribution in [2.45, 2.75) is 39.8 Å². The molecule has 2 aromatic carbocycles. The van der Waals surface area contributed by atoms with E-state index in [1.165, 1.54) is 28.0 Å². The maximum absolute atomic E-state index is 14.0. The van der Waals surface area contributed by atoms with Gasteiger partial charge >= 0.3 is 5.97 Å². The summed E-state index contributed by atoms with van der Waals surface area (Å²) >= 11 is 1.21. The van der Waals surface area contributed by atoms with E-state index in [9.17, 15) is 19.7 Å². The van der Waals surface area contributed by atoms with Crippen molar-refractivity contribution in [1.82, 2.24) is 9.13 Å². The van der Waals surface area contributed by atoms with E-state index in [0.29, 0.717) is 49.9 Å². The van der Waals surface area contributed by atoms with Crippen molar-refractivity contribution in [2.75, 3.05) is 6.61 Å². The zero-order valence-electron chi connectivity index (χ0n) is 22.9. The number of nitrogens with zero attached hydrogens (tertiary/aromatic N) is 4. The maximum Gasteiger partial charge on any atom is 0.338 e. The van der Waals surface area contributed by atoms with Gasteiger partial charge in [0.1, 0.15) is 5.75 Å². The lowest BCUT2D eigenvalue weighted by Gasteiger charge is -2.25. The molecule has 0 unspecified atom stereocenters. The Morgan fingerprint density at radius 1 is 1.17 bits per heavy atom. The van der Waals surface area contributed by atoms with Crippen LogP contribution in [0.4, 0.5) is 5.69 Å². The average molecular weight is 573 g/mol. The average Bonchev–Trinajstić information content (AvgIpc) is 3.52. The molecule has 0 aliphatic carbocycles. The van der Waals surface area contributed by atoms with Gasteiger partial charge in [-0.1, -0.05) is 29.5 Å². The van der Waals surface area contributed by atoms with E-state index in [4.69, 9.17) is 9.47 Å². The van der Waals surface area contributed by atoms with Gasteiger partial charge in [-0.2, -0.15) is 0 Å². The molecule has 41 heavy (non-hydrogen) atoms. The van der Waals surface area contributed by atoms with Crippen LogP contribution in [0.5, 0.6) is 5.75 Å². The number of hydrogen-bond donors (Lipinski definition) is 0. The molecule has 2 aromatic heterocycles. The largest absolute Gasteiger partial charge is 0.494 e. The summed E-state index contributed by atoms with van der Waals surface area (Å²) in [5, 5.41) is 11.3. The topological polar surface area (TPSA) is 118 Å². The van der Waals surface area contributed by atoms with Crippen LogP contribution in [-0.2, 0) is 9.53 Å². The number of aromatic nitrogens is 2. The summed E-state index contributed by atoms with van der Waals surface area (Å²) in [6.45, 7) is 7.69. The third kappa shape index (κ3) is 5.48. The summed E-state index contributed by atoms with van der Waals surface area (Å²) in [4.78, 5) is 43.2. The molecule has 0 saturated heterocycles. The summed E-state index contributed by atoms with van der Waals surface area (Å²) < 4.78 is 14.8. The van der Waals surface area contributed by atoms with E-state index >= 15 is 0 Å². The van der Waals surface area contributed by atoms with Gasteiger partial charge in [0.2, 0.25) is 0 Å². The predicted molar refractivity (Wildman–Crippen MR) is 155 cm³/mol. The van der Waals surface area contributed by atoms with E-state index < -0.39 is 16.9 Å². The van der Waals surface area contributed by atoms with Crippen molar-refractivity contribution in [1.29, 1.82) is 0 Å². The first-order valence-corrected chi connectivity index (χ1v) is 13.9. The Bertz CT molecular complexity index is 1850. The number of nitro groups is 1. The van der Waals surface area contributed by atoms with Gasteiger partial charge in [0.15, 0.2) is 4.80 Å². The molecule has 0 fully saturated rings. The summed E-state index contributed by atoms with van der Waals surface area (Å²) in [6, 6.07) is 16.4. The Labute approximate surface area is 239 Å². The number of non-ortho nitro benzene ring substituents is 1. The van der Waals surface area contributed by atoms with Gasteiger partial charge in [0.05, 0.1) is 45.2 Å². The standard InChI is InChI=1S/C30H28N4O6S/c1-5-39-24-13-11-20(12-14-24)27-26(29(36)40-18(2)3)19(4)31-30-33(27)28(35)25(41-30)17-22-10-7-15-32(22)21-8-6-9-23(16-21)34(37)38/h6-18,27H,5H2,1-4H3/b25-17+/t27-/m0/s1. The molecular formula is C30H28N4O6S. The molecule has 3 heterocycles. The molecule has 0 bridgehead atoms. The fourth-order valence-electron chi connectivity index (χ4n) is 4.73. The lowest BCUT2D eigenvalue weighted by Crippen LogP contribution is -2.40. The molecule has 0 amide bonds. The zero-order chi connectivity index (χ0) is 29.3. The molecule has 4 aromatic rings. The van der Waals surface area contributed by atoms with E-state index in [-0.39, 0.29) is 17.4 Å². The van der Waals surface area contributed by atoms with E-state index in [2.05, 4.69) is 4.99 Å². The van der Waals surface area contributed by atoms with Crippen LogP contribution in [0.2, 0.25) is 0 Å². The summed E-state index contributed by atoms with van der Waals surface area (Å²) in [6.07, 6.45) is 3.15. The van der Waals surface area contributed by atoms with Crippen LogP contribution < -0.4 is 19.6 Å². The molecule has 11 heteroatoms. The SMILES string of the molecule is CCOc1ccc([C@H]2C(C(=O)OC(C)C)=C(C)N=c3s/c(=C/c4cccn4-c4cccc([N+](=O)[O-])c4)c(=O)n32)cc1. The summed E-state index contributed by atoms with van der Waals surface area (Å²) in [5.74, 6) is 0.145. The predicted octanol–water partition coefficient (Wildman–Crippen LogP) is 4.28. The van der Waals surface area contributed by atoms with Crippen LogP contribution in [0.25, 0.3) is 11.8 Å². The highest BCUT2D eigenvalue weighted by Gasteiger charge is 2.33. The van der Waals surface area contributed by atoms with Crippen LogP contribution in [0.15, 0.2) is 87.9 Å². The number of hydrogen-bond acceptors (Lipinski definition) is 8. The highest BCUT2D eigenvalue weighted by Crippen LogP contribution is 2.32. The first kappa shape index (κ1) is 27.8. The van der Waals surface area contributed by atoms with Gasteiger partial charge in [-0.15, -0.1) is 0 Å². The Kier molecular flexibility index (Phi) is 7.71. The number of fused-ring (bicyclic) bond motifs is 1. The highest BCUT2D eigenvalue weighted by molar-refractivity contribution is 7.07. The van der Waals surface area contributed by atoms with Crippen molar-refractivity contribution in [3.8, 4) is 11.4 Å². The fourth-order valence-corrected chi connectivity index (χ4v) is 5.76. The van der Waals surface area contributed by atoms with Crippen molar-refractivity contribution in [3.63, 3.8) is 0 Å². The lowest BCUT2D eigenvalue weighted by molar-refractivity contribution is -0.384. The fraction of sp³-hybridized carbons (Fsp3) is 0.233. The Morgan fingerprint density at radius 3 is 2.61 bits per heavy atom. The Morgan fingerprint density at radius 2 is 1.93 bits per heavy atom. The van der Waals surface area contributed by atoms with E-state index in [1.807, 2.05) is 25.1 Å². The van der Waals surface area contributed by atoms with Crippen LogP contribution in [0.3, 0.4) is 0 Å². The van der Waals surface area contributed by atoms with Gasteiger partial charge in [-0.3, -0.25) is 19.5 Å². The number of rotatable bonds is 8. The quantitative estimate of drug-likeness (QED) is 0.177. The number of ether oxygens (including phenoxy) is 2. The molecule has 1 aliphatic rings. The van der Waals surface area contributed by atoms with Gasteiger partial charge in [0.25, 0.3) is 11.2 Å². The molecule has 0 N–H and O–H groups in total. The molecule has 5 rings (SSSR count). The zero-order valence-corrected chi connectivity index (χ0v) is 23.8. The molecule has 0 saturated carbocycles. The minimum atomic E-state index is -0.751. The second-order valence-corrected chi connectivity index (χ2v) is 10.6. The molecular weight excluding hydrogens is 544 g/mol. The Balaban J connectivity index is 1.66. The Hall–Kier alpha value is -4.77. The van der Waals surface area contributed by atoms with Gasteiger partial charge in [0, 0.05) is 24.0 Å². The first-order chi connectivity index (χ1) is 19.7. The van der Waals surface area contributed by atoms with Gasteiger partial charge in [-0.25, -0.2) is 9.79 Å². The van der Waals surface area contributed by atoms with E-state index in [1.54, 1.807) is 67.9 Å². The number of nitro benzene ring substituents is 1. The number of carbonyl (C=O) groups is 1. The summed E-state index contributed by atoms with van der Waals surface area (Å²) in [5.41, 5.74) is 2.37. The van der Waals surface area contributed by atoms with E-state index in [0.717, 1.165) is 0 Å². The molecule has 0 radical (unpaired) electrons. The second kappa shape index (κ2) is 11.4. The molecule has 10 nitrogen and oxygen atoms in total. The molecule has 1 atom stereocenters.